The van der Waals surface area contributed by atoms with E-state index in [9.17, 15) is 0 Å². The molecular formula is C15H20N2O2. The van der Waals surface area contributed by atoms with Crippen molar-refractivity contribution < 1.29 is 9.26 Å². The zero-order valence-corrected chi connectivity index (χ0v) is 11.3. The highest BCUT2D eigenvalue weighted by Crippen LogP contribution is 2.15. The second-order valence-corrected chi connectivity index (χ2v) is 4.52. The van der Waals surface area contributed by atoms with Gasteiger partial charge in [0.1, 0.15) is 12.4 Å². The standard InChI is InChI=1S/C15H20N2O2/c1-2-3-4-12-5-7-14(8-6-12)18-11-15-9-13(10-16)17-19-15/h5-9H,2-4,10-11,16H2,1H3. The lowest BCUT2D eigenvalue weighted by Gasteiger charge is -2.05. The fraction of sp³-hybridized carbons (Fsp3) is 0.400. The number of aryl methyl sites for hydroxylation is 1. The average Bonchev–Trinajstić information content (AvgIpc) is 2.92. The summed E-state index contributed by atoms with van der Waals surface area (Å²) < 4.78 is 10.7. The van der Waals surface area contributed by atoms with Crippen molar-refractivity contribution >= 4 is 0 Å². The number of nitrogens with zero attached hydrogens (tertiary/aromatic N) is 1. The summed E-state index contributed by atoms with van der Waals surface area (Å²) in [6.07, 6.45) is 3.56. The molecule has 0 aliphatic heterocycles. The summed E-state index contributed by atoms with van der Waals surface area (Å²) >= 11 is 0. The second kappa shape index (κ2) is 6.95. The van der Waals surface area contributed by atoms with Crippen molar-refractivity contribution in [1.29, 1.82) is 0 Å². The number of aromatic nitrogens is 1. The van der Waals surface area contributed by atoms with Gasteiger partial charge in [-0.1, -0.05) is 30.6 Å². The van der Waals surface area contributed by atoms with Crippen LogP contribution in [0.15, 0.2) is 34.9 Å². The van der Waals surface area contributed by atoms with Crippen molar-refractivity contribution in [3.8, 4) is 5.75 Å². The van der Waals surface area contributed by atoms with E-state index in [0.29, 0.717) is 18.9 Å². The van der Waals surface area contributed by atoms with Gasteiger partial charge < -0.3 is 15.0 Å². The van der Waals surface area contributed by atoms with Crippen molar-refractivity contribution in [2.45, 2.75) is 39.3 Å². The predicted molar refractivity (Wildman–Crippen MR) is 73.8 cm³/mol. The van der Waals surface area contributed by atoms with Crippen molar-refractivity contribution in [3.05, 3.63) is 47.3 Å². The van der Waals surface area contributed by atoms with E-state index in [2.05, 4.69) is 24.2 Å². The second-order valence-electron chi connectivity index (χ2n) is 4.52. The van der Waals surface area contributed by atoms with Gasteiger partial charge in [0.05, 0.1) is 5.69 Å². The normalized spacial score (nSPS) is 10.6. The summed E-state index contributed by atoms with van der Waals surface area (Å²) in [5.74, 6) is 1.53. The van der Waals surface area contributed by atoms with Gasteiger partial charge in [-0.25, -0.2) is 0 Å². The molecule has 1 aromatic carbocycles. The van der Waals surface area contributed by atoms with Gasteiger partial charge in [-0.3, -0.25) is 0 Å². The molecule has 0 atom stereocenters. The quantitative estimate of drug-likeness (QED) is 0.831. The van der Waals surface area contributed by atoms with E-state index >= 15 is 0 Å². The van der Waals surface area contributed by atoms with Crippen LogP contribution in [0.3, 0.4) is 0 Å². The first kappa shape index (κ1) is 13.6. The van der Waals surface area contributed by atoms with E-state index in [1.165, 1.54) is 18.4 Å². The number of unbranched alkanes of at least 4 members (excludes halogenated alkanes) is 1. The van der Waals surface area contributed by atoms with Gasteiger partial charge in [0.25, 0.3) is 0 Å². The van der Waals surface area contributed by atoms with Gasteiger partial charge in [-0.2, -0.15) is 0 Å². The number of ether oxygens (including phenoxy) is 1. The highest BCUT2D eigenvalue weighted by Gasteiger charge is 2.03. The van der Waals surface area contributed by atoms with Gasteiger partial charge in [0, 0.05) is 12.6 Å². The number of nitrogens with two attached hydrogens (primary N) is 1. The molecule has 1 heterocycles. The Bertz CT molecular complexity index is 491. The molecule has 0 saturated heterocycles. The maximum atomic E-state index is 5.63. The maximum Gasteiger partial charge on any atom is 0.174 e. The molecule has 0 bridgehead atoms. The lowest BCUT2D eigenvalue weighted by Crippen LogP contribution is -1.96. The summed E-state index contributed by atoms with van der Waals surface area (Å²) in [5, 5.41) is 3.81. The molecule has 0 amide bonds. The smallest absolute Gasteiger partial charge is 0.174 e. The molecule has 2 rings (SSSR count). The molecule has 19 heavy (non-hydrogen) atoms. The number of hydrogen-bond donors (Lipinski definition) is 1. The molecule has 0 fully saturated rings. The molecule has 1 aromatic heterocycles. The third kappa shape index (κ3) is 4.10. The van der Waals surface area contributed by atoms with Crippen molar-refractivity contribution in [2.75, 3.05) is 0 Å². The Hall–Kier alpha value is -1.81. The Morgan fingerprint density at radius 2 is 2.05 bits per heavy atom. The molecular weight excluding hydrogens is 240 g/mol. The van der Waals surface area contributed by atoms with Crippen LogP contribution < -0.4 is 10.5 Å². The van der Waals surface area contributed by atoms with Crippen LogP contribution in [-0.2, 0) is 19.6 Å². The molecule has 0 aliphatic rings. The van der Waals surface area contributed by atoms with E-state index in [-0.39, 0.29) is 0 Å². The van der Waals surface area contributed by atoms with Gasteiger partial charge in [0.15, 0.2) is 5.76 Å². The minimum atomic E-state index is 0.376. The molecule has 4 nitrogen and oxygen atoms in total. The van der Waals surface area contributed by atoms with E-state index in [4.69, 9.17) is 15.0 Å². The van der Waals surface area contributed by atoms with Crippen molar-refractivity contribution in [3.63, 3.8) is 0 Å². The molecule has 102 valence electrons. The Morgan fingerprint density at radius 3 is 2.68 bits per heavy atom. The Morgan fingerprint density at radius 1 is 1.26 bits per heavy atom. The minimum absolute atomic E-state index is 0.376. The highest BCUT2D eigenvalue weighted by atomic mass is 16.5. The summed E-state index contributed by atoms with van der Waals surface area (Å²) in [6, 6.07) is 10.0. The molecule has 2 aromatic rings. The first-order valence-electron chi connectivity index (χ1n) is 6.68. The zero-order valence-electron chi connectivity index (χ0n) is 11.3. The topological polar surface area (TPSA) is 61.3 Å². The van der Waals surface area contributed by atoms with E-state index < -0.39 is 0 Å². The van der Waals surface area contributed by atoms with Gasteiger partial charge in [-0.15, -0.1) is 0 Å². The maximum absolute atomic E-state index is 5.63. The van der Waals surface area contributed by atoms with Crippen molar-refractivity contribution in [1.82, 2.24) is 5.16 Å². The molecule has 2 N–H and O–H groups in total. The van der Waals surface area contributed by atoms with E-state index in [0.717, 1.165) is 17.9 Å². The first-order valence-corrected chi connectivity index (χ1v) is 6.68. The zero-order chi connectivity index (χ0) is 13.5. The SMILES string of the molecule is CCCCc1ccc(OCc2cc(CN)no2)cc1. The van der Waals surface area contributed by atoms with Gasteiger partial charge >= 0.3 is 0 Å². The molecule has 0 unspecified atom stereocenters. The van der Waals surface area contributed by atoms with E-state index in [1.807, 2.05) is 18.2 Å². The largest absolute Gasteiger partial charge is 0.486 e. The summed E-state index contributed by atoms with van der Waals surface area (Å²) in [6.45, 7) is 2.96. The monoisotopic (exact) mass is 260 g/mol. The summed E-state index contributed by atoms with van der Waals surface area (Å²) in [4.78, 5) is 0. The number of rotatable bonds is 7. The Labute approximate surface area is 113 Å². The third-order valence-electron chi connectivity index (χ3n) is 2.94. The van der Waals surface area contributed by atoms with E-state index in [1.54, 1.807) is 0 Å². The molecule has 0 saturated carbocycles. The lowest BCUT2D eigenvalue weighted by atomic mass is 10.1. The van der Waals surface area contributed by atoms with Crippen LogP contribution in [0, 0.1) is 0 Å². The first-order chi connectivity index (χ1) is 9.31. The van der Waals surface area contributed by atoms with Crippen molar-refractivity contribution in [2.24, 2.45) is 5.73 Å². The van der Waals surface area contributed by atoms with Crippen LogP contribution in [0.4, 0.5) is 0 Å². The minimum Gasteiger partial charge on any atom is -0.486 e. The van der Waals surface area contributed by atoms with Crippen LogP contribution in [-0.4, -0.2) is 5.16 Å². The van der Waals surface area contributed by atoms with Crippen LogP contribution in [0.5, 0.6) is 5.75 Å². The van der Waals surface area contributed by atoms with Crippen LogP contribution in [0.2, 0.25) is 0 Å². The van der Waals surface area contributed by atoms with Gasteiger partial charge in [0.2, 0.25) is 0 Å². The molecule has 4 heteroatoms. The van der Waals surface area contributed by atoms with Crippen LogP contribution in [0.1, 0.15) is 36.8 Å². The summed E-state index contributed by atoms with van der Waals surface area (Å²) in [5.41, 5.74) is 7.55. The Balaban J connectivity index is 1.85. The average molecular weight is 260 g/mol. The fourth-order valence-corrected chi connectivity index (χ4v) is 1.81. The van der Waals surface area contributed by atoms with Crippen LogP contribution >= 0.6 is 0 Å². The molecule has 0 aliphatic carbocycles. The number of hydrogen-bond acceptors (Lipinski definition) is 4. The third-order valence-corrected chi connectivity index (χ3v) is 2.94. The fourth-order valence-electron chi connectivity index (χ4n) is 1.81. The summed E-state index contributed by atoms with van der Waals surface area (Å²) in [7, 11) is 0. The van der Waals surface area contributed by atoms with Gasteiger partial charge in [-0.05, 0) is 30.5 Å². The lowest BCUT2D eigenvalue weighted by molar-refractivity contribution is 0.248. The number of benzene rings is 1. The Kier molecular flexibility index (Phi) is 4.98. The predicted octanol–water partition coefficient (Wildman–Crippen LogP) is 3.05. The molecule has 0 spiro atoms. The van der Waals surface area contributed by atoms with Crippen LogP contribution in [0.25, 0.3) is 0 Å². The molecule has 0 radical (unpaired) electrons. The highest BCUT2D eigenvalue weighted by molar-refractivity contribution is 5.27.